The Morgan fingerprint density at radius 2 is 1.75 bits per heavy atom. The maximum absolute atomic E-state index is 11.7. The number of amides is 1. The van der Waals surface area contributed by atoms with Crippen molar-refractivity contribution in [1.29, 1.82) is 0 Å². The Hall–Kier alpha value is -1.42. The number of anilines is 1. The Morgan fingerprint density at radius 1 is 1.10 bits per heavy atom. The molecule has 0 spiro atoms. The highest BCUT2D eigenvalue weighted by atomic mass is 32.1. The third-order valence-electron chi connectivity index (χ3n) is 3.07. The summed E-state index contributed by atoms with van der Waals surface area (Å²) in [7, 11) is 0. The molecule has 0 aliphatic heterocycles. The SMILES string of the molecule is CCCCCCCC(=O)NC(=S)Nc1ccc(C)cc1. The van der Waals surface area contributed by atoms with Crippen LogP contribution in [0.5, 0.6) is 0 Å². The van der Waals surface area contributed by atoms with Crippen LogP contribution in [-0.2, 0) is 4.79 Å². The molecule has 0 fully saturated rings. The first kappa shape index (κ1) is 16.6. The Balaban J connectivity index is 2.21. The van der Waals surface area contributed by atoms with Crippen LogP contribution in [-0.4, -0.2) is 11.0 Å². The van der Waals surface area contributed by atoms with E-state index in [1.165, 1.54) is 24.8 Å². The van der Waals surface area contributed by atoms with E-state index in [0.29, 0.717) is 11.5 Å². The number of thiocarbonyl (C=S) groups is 1. The van der Waals surface area contributed by atoms with Crippen molar-refractivity contribution in [3.05, 3.63) is 29.8 Å². The van der Waals surface area contributed by atoms with Crippen molar-refractivity contribution < 1.29 is 4.79 Å². The van der Waals surface area contributed by atoms with Gasteiger partial charge in [-0.15, -0.1) is 0 Å². The first-order valence-electron chi connectivity index (χ1n) is 7.29. The fourth-order valence-corrected chi connectivity index (χ4v) is 2.11. The van der Waals surface area contributed by atoms with Gasteiger partial charge in [0.15, 0.2) is 5.11 Å². The molecule has 0 heterocycles. The molecule has 0 aliphatic carbocycles. The molecule has 0 aliphatic rings. The topological polar surface area (TPSA) is 41.1 Å². The van der Waals surface area contributed by atoms with Crippen LogP contribution in [0.2, 0.25) is 0 Å². The highest BCUT2D eigenvalue weighted by Gasteiger charge is 2.04. The van der Waals surface area contributed by atoms with Gasteiger partial charge in [0.2, 0.25) is 5.91 Å². The molecule has 0 saturated carbocycles. The first-order valence-corrected chi connectivity index (χ1v) is 7.70. The zero-order chi connectivity index (χ0) is 14.8. The average Bonchev–Trinajstić information content (AvgIpc) is 2.41. The van der Waals surface area contributed by atoms with Gasteiger partial charge in [-0.05, 0) is 37.7 Å². The standard InChI is InChI=1S/C16H24N2OS/c1-3-4-5-6-7-8-15(19)18-16(20)17-14-11-9-13(2)10-12-14/h9-12H,3-8H2,1-2H3,(H2,17,18,19,20). The molecule has 4 heteroatoms. The van der Waals surface area contributed by atoms with Crippen LogP contribution in [0.4, 0.5) is 5.69 Å². The quantitative estimate of drug-likeness (QED) is 0.585. The second-order valence-corrected chi connectivity index (χ2v) is 5.44. The van der Waals surface area contributed by atoms with Crippen LogP contribution in [0.3, 0.4) is 0 Å². The molecule has 0 saturated heterocycles. The summed E-state index contributed by atoms with van der Waals surface area (Å²) in [4.78, 5) is 11.7. The van der Waals surface area contributed by atoms with Crippen LogP contribution in [0.15, 0.2) is 24.3 Å². The molecule has 3 nitrogen and oxygen atoms in total. The number of unbranched alkanes of at least 4 members (excludes halogenated alkanes) is 4. The van der Waals surface area contributed by atoms with Gasteiger partial charge in [-0.3, -0.25) is 4.79 Å². The number of carbonyl (C=O) groups is 1. The van der Waals surface area contributed by atoms with Gasteiger partial charge in [0.1, 0.15) is 0 Å². The number of hydrogen-bond acceptors (Lipinski definition) is 2. The molecular formula is C16H24N2OS. The summed E-state index contributed by atoms with van der Waals surface area (Å²) in [6.45, 7) is 4.21. The Labute approximate surface area is 127 Å². The van der Waals surface area contributed by atoms with E-state index in [0.717, 1.165) is 18.5 Å². The van der Waals surface area contributed by atoms with Gasteiger partial charge in [0.05, 0.1) is 0 Å². The lowest BCUT2D eigenvalue weighted by atomic mass is 10.1. The van der Waals surface area contributed by atoms with Crippen molar-refractivity contribution in [2.45, 2.75) is 52.4 Å². The Kier molecular flexibility index (Phi) is 7.88. The molecule has 1 amide bonds. The summed E-state index contributed by atoms with van der Waals surface area (Å²) in [6, 6.07) is 7.89. The van der Waals surface area contributed by atoms with Crippen LogP contribution in [0.25, 0.3) is 0 Å². The summed E-state index contributed by atoms with van der Waals surface area (Å²) >= 11 is 5.12. The highest BCUT2D eigenvalue weighted by Crippen LogP contribution is 2.08. The number of nitrogens with one attached hydrogen (secondary N) is 2. The molecular weight excluding hydrogens is 268 g/mol. The second kappa shape index (κ2) is 9.48. The van der Waals surface area contributed by atoms with E-state index in [4.69, 9.17) is 12.2 Å². The zero-order valence-electron chi connectivity index (χ0n) is 12.4. The molecule has 110 valence electrons. The lowest BCUT2D eigenvalue weighted by Crippen LogP contribution is -2.33. The molecule has 0 unspecified atom stereocenters. The summed E-state index contributed by atoms with van der Waals surface area (Å²) in [5.74, 6) is -0.00823. The minimum absolute atomic E-state index is 0.00823. The molecule has 20 heavy (non-hydrogen) atoms. The van der Waals surface area contributed by atoms with Crippen molar-refractivity contribution in [3.8, 4) is 0 Å². The molecule has 0 atom stereocenters. The third kappa shape index (κ3) is 7.24. The fraction of sp³-hybridized carbons (Fsp3) is 0.500. The molecule has 1 rings (SSSR count). The normalized spacial score (nSPS) is 10.1. The van der Waals surface area contributed by atoms with Gasteiger partial charge in [0.25, 0.3) is 0 Å². The summed E-state index contributed by atoms with van der Waals surface area (Å²) in [6.07, 6.45) is 6.25. The van der Waals surface area contributed by atoms with Crippen molar-refractivity contribution in [2.24, 2.45) is 0 Å². The van der Waals surface area contributed by atoms with Crippen molar-refractivity contribution in [2.75, 3.05) is 5.32 Å². The predicted octanol–water partition coefficient (Wildman–Crippen LogP) is 4.17. The van der Waals surface area contributed by atoms with Crippen LogP contribution >= 0.6 is 12.2 Å². The lowest BCUT2D eigenvalue weighted by molar-refractivity contribution is -0.119. The van der Waals surface area contributed by atoms with E-state index in [2.05, 4.69) is 17.6 Å². The van der Waals surface area contributed by atoms with Gasteiger partial charge in [0, 0.05) is 12.1 Å². The maximum Gasteiger partial charge on any atom is 0.226 e. The van der Waals surface area contributed by atoms with E-state index in [-0.39, 0.29) is 5.91 Å². The number of rotatable bonds is 7. The van der Waals surface area contributed by atoms with E-state index in [1.54, 1.807) is 0 Å². The fourth-order valence-electron chi connectivity index (χ4n) is 1.88. The minimum Gasteiger partial charge on any atom is -0.332 e. The average molecular weight is 292 g/mol. The smallest absolute Gasteiger partial charge is 0.226 e. The highest BCUT2D eigenvalue weighted by molar-refractivity contribution is 7.80. The molecule has 0 bridgehead atoms. The zero-order valence-corrected chi connectivity index (χ0v) is 13.2. The summed E-state index contributed by atoms with van der Waals surface area (Å²) < 4.78 is 0. The van der Waals surface area contributed by atoms with Crippen LogP contribution in [0.1, 0.15) is 51.0 Å². The molecule has 0 radical (unpaired) electrons. The van der Waals surface area contributed by atoms with Gasteiger partial charge in [-0.2, -0.15) is 0 Å². The van der Waals surface area contributed by atoms with Crippen molar-refractivity contribution in [3.63, 3.8) is 0 Å². The molecule has 0 aromatic heterocycles. The number of hydrogen-bond donors (Lipinski definition) is 2. The van der Waals surface area contributed by atoms with Gasteiger partial charge >= 0.3 is 0 Å². The Morgan fingerprint density at radius 3 is 2.40 bits per heavy atom. The minimum atomic E-state index is -0.00823. The van der Waals surface area contributed by atoms with Gasteiger partial charge in [-0.1, -0.05) is 50.3 Å². The number of benzene rings is 1. The van der Waals surface area contributed by atoms with Crippen LogP contribution < -0.4 is 10.6 Å². The van der Waals surface area contributed by atoms with Crippen molar-refractivity contribution in [1.82, 2.24) is 5.32 Å². The monoisotopic (exact) mass is 292 g/mol. The molecule has 1 aromatic carbocycles. The largest absolute Gasteiger partial charge is 0.332 e. The van der Waals surface area contributed by atoms with E-state index in [1.807, 2.05) is 31.2 Å². The van der Waals surface area contributed by atoms with E-state index < -0.39 is 0 Å². The van der Waals surface area contributed by atoms with Gasteiger partial charge < -0.3 is 10.6 Å². The predicted molar refractivity (Wildman–Crippen MR) is 88.9 cm³/mol. The summed E-state index contributed by atoms with van der Waals surface area (Å²) in [5.41, 5.74) is 2.08. The van der Waals surface area contributed by atoms with E-state index in [9.17, 15) is 4.79 Å². The van der Waals surface area contributed by atoms with Gasteiger partial charge in [-0.25, -0.2) is 0 Å². The first-order chi connectivity index (χ1) is 9.61. The number of aryl methyl sites for hydroxylation is 1. The molecule has 1 aromatic rings. The Bertz CT molecular complexity index is 429. The van der Waals surface area contributed by atoms with E-state index >= 15 is 0 Å². The van der Waals surface area contributed by atoms with Crippen molar-refractivity contribution >= 4 is 28.9 Å². The second-order valence-electron chi connectivity index (χ2n) is 5.03. The van der Waals surface area contributed by atoms with Crippen LogP contribution in [0, 0.1) is 6.92 Å². The number of carbonyl (C=O) groups excluding carboxylic acids is 1. The summed E-state index contributed by atoms with van der Waals surface area (Å²) in [5, 5.41) is 6.09. The molecule has 2 N–H and O–H groups in total. The third-order valence-corrected chi connectivity index (χ3v) is 3.27. The maximum atomic E-state index is 11.7. The lowest BCUT2D eigenvalue weighted by Gasteiger charge is -2.09.